The Hall–Kier alpha value is -1.79. The Morgan fingerprint density at radius 3 is 2.81 bits per heavy atom. The maximum Gasteiger partial charge on any atom is 0.251 e. The van der Waals surface area contributed by atoms with E-state index >= 15 is 0 Å². The number of rotatable bonds is 7. The molecule has 1 unspecified atom stereocenters. The summed E-state index contributed by atoms with van der Waals surface area (Å²) in [7, 11) is 0. The molecule has 2 bridgehead atoms. The molecule has 27 heavy (non-hydrogen) atoms. The van der Waals surface area contributed by atoms with E-state index in [0.717, 1.165) is 31.5 Å². The van der Waals surface area contributed by atoms with Crippen LogP contribution in [0.1, 0.15) is 37.0 Å². The van der Waals surface area contributed by atoms with Crippen molar-refractivity contribution >= 4 is 5.91 Å². The molecule has 5 rings (SSSR count). The molecular weight excluding hydrogens is 342 g/mol. The number of hydrogen-bond donors (Lipinski definition) is 1. The van der Waals surface area contributed by atoms with Gasteiger partial charge in [-0.2, -0.15) is 0 Å². The third-order valence-corrected chi connectivity index (χ3v) is 6.53. The number of piperidine rings is 3. The normalized spacial score (nSPS) is 28.6. The predicted molar refractivity (Wildman–Crippen MR) is 104 cm³/mol. The van der Waals surface area contributed by atoms with E-state index in [1.165, 1.54) is 32.5 Å². The van der Waals surface area contributed by atoms with Gasteiger partial charge in [0.05, 0.1) is 0 Å². The summed E-state index contributed by atoms with van der Waals surface area (Å²) in [6.45, 7) is 11.3. The third kappa shape index (κ3) is 3.92. The number of nitrogens with zero attached hydrogens (tertiary/aromatic N) is 2. The van der Waals surface area contributed by atoms with Crippen LogP contribution in [0.4, 0.5) is 0 Å². The van der Waals surface area contributed by atoms with Gasteiger partial charge in [0.15, 0.2) is 11.5 Å². The van der Waals surface area contributed by atoms with E-state index < -0.39 is 0 Å². The highest BCUT2D eigenvalue weighted by Crippen LogP contribution is 2.36. The first kappa shape index (κ1) is 18.6. The highest BCUT2D eigenvalue weighted by atomic mass is 16.7. The second kappa shape index (κ2) is 8.07. The standard InChI is InChI=1S/C21H31N3O3/c1-3-23(4-2)12-17-13-24-8-7-15(17)9-18(24)11-22-21(25)16-5-6-19-20(10-16)27-14-26-19/h5-6,10,15,17-18H,3-4,7-9,11-14H2,1-2H3,(H,22,25)/t15-,17-,18+/m0/s1. The lowest BCUT2D eigenvalue weighted by Gasteiger charge is -2.51. The summed E-state index contributed by atoms with van der Waals surface area (Å²) >= 11 is 0. The van der Waals surface area contributed by atoms with Crippen molar-refractivity contribution in [2.24, 2.45) is 11.8 Å². The van der Waals surface area contributed by atoms with Gasteiger partial charge in [0, 0.05) is 31.2 Å². The number of ether oxygens (including phenoxy) is 2. The average molecular weight is 373 g/mol. The number of nitrogens with one attached hydrogen (secondary N) is 1. The van der Waals surface area contributed by atoms with Crippen LogP contribution in [0.15, 0.2) is 18.2 Å². The average Bonchev–Trinajstić information content (AvgIpc) is 3.18. The molecule has 0 aromatic heterocycles. The van der Waals surface area contributed by atoms with Gasteiger partial charge in [-0.3, -0.25) is 9.69 Å². The van der Waals surface area contributed by atoms with Crippen molar-refractivity contribution in [3.63, 3.8) is 0 Å². The molecule has 1 amide bonds. The summed E-state index contributed by atoms with van der Waals surface area (Å²) in [5.41, 5.74) is 0.634. The molecule has 148 valence electrons. The Morgan fingerprint density at radius 1 is 1.26 bits per heavy atom. The zero-order valence-corrected chi connectivity index (χ0v) is 16.4. The number of amides is 1. The third-order valence-electron chi connectivity index (χ3n) is 6.53. The molecule has 0 radical (unpaired) electrons. The van der Waals surface area contributed by atoms with E-state index in [1.807, 2.05) is 0 Å². The van der Waals surface area contributed by atoms with Gasteiger partial charge >= 0.3 is 0 Å². The molecule has 0 spiro atoms. The second-order valence-electron chi connectivity index (χ2n) is 7.96. The van der Waals surface area contributed by atoms with Gasteiger partial charge in [-0.15, -0.1) is 0 Å². The monoisotopic (exact) mass is 373 g/mol. The minimum absolute atomic E-state index is 0.0318. The van der Waals surface area contributed by atoms with Gasteiger partial charge in [0.25, 0.3) is 5.91 Å². The molecule has 4 aliphatic rings. The molecule has 6 nitrogen and oxygen atoms in total. The van der Waals surface area contributed by atoms with E-state index in [4.69, 9.17) is 9.47 Å². The van der Waals surface area contributed by atoms with Crippen molar-refractivity contribution in [3.05, 3.63) is 23.8 Å². The topological polar surface area (TPSA) is 54.0 Å². The Kier molecular flexibility index (Phi) is 5.55. The molecule has 4 atom stereocenters. The SMILES string of the molecule is CCN(CC)C[C@H]1CN2CC[C@H]1C[C@@H]2CNC(=O)c1ccc2c(c1)OCO2. The van der Waals surface area contributed by atoms with E-state index in [-0.39, 0.29) is 12.7 Å². The fourth-order valence-corrected chi connectivity index (χ4v) is 4.83. The van der Waals surface area contributed by atoms with Gasteiger partial charge in [-0.25, -0.2) is 0 Å². The lowest BCUT2D eigenvalue weighted by molar-refractivity contribution is -0.0104. The van der Waals surface area contributed by atoms with E-state index in [9.17, 15) is 4.79 Å². The van der Waals surface area contributed by atoms with Crippen LogP contribution in [0.25, 0.3) is 0 Å². The van der Waals surface area contributed by atoms with Gasteiger partial charge in [-0.05, 0) is 62.5 Å². The fourth-order valence-electron chi connectivity index (χ4n) is 4.83. The summed E-state index contributed by atoms with van der Waals surface area (Å²) in [4.78, 5) is 17.7. The number of hydrogen-bond acceptors (Lipinski definition) is 5. The molecule has 3 saturated heterocycles. The molecular formula is C21H31N3O3. The van der Waals surface area contributed by atoms with E-state index in [2.05, 4.69) is 29.0 Å². The lowest BCUT2D eigenvalue weighted by atomic mass is 9.75. The van der Waals surface area contributed by atoms with Gasteiger partial charge in [0.2, 0.25) is 6.79 Å². The van der Waals surface area contributed by atoms with Crippen molar-refractivity contribution < 1.29 is 14.3 Å². The van der Waals surface area contributed by atoms with Crippen LogP contribution >= 0.6 is 0 Å². The highest BCUT2D eigenvalue weighted by molar-refractivity contribution is 5.94. The Bertz CT molecular complexity index is 677. The lowest BCUT2D eigenvalue weighted by Crippen LogP contribution is -2.58. The summed E-state index contributed by atoms with van der Waals surface area (Å²) < 4.78 is 10.7. The second-order valence-corrected chi connectivity index (χ2v) is 7.96. The first-order valence-corrected chi connectivity index (χ1v) is 10.3. The van der Waals surface area contributed by atoms with E-state index in [1.54, 1.807) is 18.2 Å². The number of carbonyl (C=O) groups excluding carboxylic acids is 1. The largest absolute Gasteiger partial charge is 0.454 e. The maximum absolute atomic E-state index is 12.5. The van der Waals surface area contributed by atoms with Crippen molar-refractivity contribution in [2.75, 3.05) is 46.1 Å². The Labute approximate surface area is 161 Å². The molecule has 0 aliphatic carbocycles. The van der Waals surface area contributed by atoms with Crippen LogP contribution in [0.3, 0.4) is 0 Å². The number of benzene rings is 1. The number of carbonyl (C=O) groups is 1. The molecule has 1 aromatic carbocycles. The van der Waals surface area contributed by atoms with Gasteiger partial charge < -0.3 is 19.7 Å². The van der Waals surface area contributed by atoms with Crippen LogP contribution in [-0.4, -0.2) is 67.8 Å². The Balaban J connectivity index is 1.30. The minimum atomic E-state index is -0.0318. The molecule has 4 heterocycles. The highest BCUT2D eigenvalue weighted by Gasteiger charge is 2.40. The van der Waals surface area contributed by atoms with Crippen molar-refractivity contribution in [2.45, 2.75) is 32.7 Å². The Morgan fingerprint density at radius 2 is 2.07 bits per heavy atom. The molecule has 6 heteroatoms. The molecule has 1 aromatic rings. The van der Waals surface area contributed by atoms with Gasteiger partial charge in [0.1, 0.15) is 0 Å². The summed E-state index contributed by atoms with van der Waals surface area (Å²) in [6, 6.07) is 5.84. The van der Waals surface area contributed by atoms with Crippen LogP contribution in [0.2, 0.25) is 0 Å². The summed E-state index contributed by atoms with van der Waals surface area (Å²) in [5.74, 6) is 2.90. The number of fused-ring (bicyclic) bond motifs is 4. The van der Waals surface area contributed by atoms with Crippen LogP contribution in [0, 0.1) is 11.8 Å². The molecule has 1 N–H and O–H groups in total. The van der Waals surface area contributed by atoms with Crippen LogP contribution < -0.4 is 14.8 Å². The summed E-state index contributed by atoms with van der Waals surface area (Å²) in [5, 5.41) is 3.14. The maximum atomic E-state index is 12.5. The van der Waals surface area contributed by atoms with Gasteiger partial charge in [-0.1, -0.05) is 13.8 Å². The van der Waals surface area contributed by atoms with Crippen molar-refractivity contribution in [1.82, 2.24) is 15.1 Å². The zero-order chi connectivity index (χ0) is 18.8. The first-order valence-electron chi connectivity index (χ1n) is 10.3. The molecule has 4 aliphatic heterocycles. The zero-order valence-electron chi connectivity index (χ0n) is 16.4. The molecule has 0 saturated carbocycles. The van der Waals surface area contributed by atoms with Crippen LogP contribution in [-0.2, 0) is 0 Å². The minimum Gasteiger partial charge on any atom is -0.454 e. The van der Waals surface area contributed by atoms with Crippen molar-refractivity contribution in [1.29, 1.82) is 0 Å². The summed E-state index contributed by atoms with van der Waals surface area (Å²) in [6.07, 6.45) is 2.51. The van der Waals surface area contributed by atoms with E-state index in [0.29, 0.717) is 23.1 Å². The fraction of sp³-hybridized carbons (Fsp3) is 0.667. The van der Waals surface area contributed by atoms with Crippen LogP contribution in [0.5, 0.6) is 11.5 Å². The quantitative estimate of drug-likeness (QED) is 0.794. The molecule has 3 fully saturated rings. The van der Waals surface area contributed by atoms with Crippen molar-refractivity contribution in [3.8, 4) is 11.5 Å². The predicted octanol–water partition coefficient (Wildman–Crippen LogP) is 2.20. The first-order chi connectivity index (χ1) is 13.2. The smallest absolute Gasteiger partial charge is 0.251 e.